The molecular weight excluding hydrogens is 370 g/mol. The fourth-order valence-electron chi connectivity index (χ4n) is 3.41. The maximum atomic E-state index is 12.9. The van der Waals surface area contributed by atoms with E-state index >= 15 is 0 Å². The zero-order valence-electron chi connectivity index (χ0n) is 15.1. The first-order valence-electron chi connectivity index (χ1n) is 9.25. The van der Waals surface area contributed by atoms with Crippen LogP contribution in [0.3, 0.4) is 0 Å². The van der Waals surface area contributed by atoms with Crippen molar-refractivity contribution in [3.05, 3.63) is 30.3 Å². The molecule has 3 rings (SSSR count). The Kier molecular flexibility index (Phi) is 6.46. The molecule has 8 nitrogen and oxygen atoms in total. The van der Waals surface area contributed by atoms with Gasteiger partial charge in [-0.05, 0) is 31.4 Å². The number of benzene rings is 1. The maximum absolute atomic E-state index is 12.9. The SMILES string of the molecule is O=C(NC[C@H]1OCCCN1S(=O)(=O)c1ccccc1)C(=O)NC1CCCC1. The van der Waals surface area contributed by atoms with Crippen molar-refractivity contribution in [2.24, 2.45) is 0 Å². The van der Waals surface area contributed by atoms with Crippen LogP contribution in [-0.4, -0.2) is 56.5 Å². The summed E-state index contributed by atoms with van der Waals surface area (Å²) < 4.78 is 32.5. The van der Waals surface area contributed by atoms with Crippen LogP contribution in [0.4, 0.5) is 0 Å². The molecule has 2 N–H and O–H groups in total. The number of ether oxygens (including phenoxy) is 1. The van der Waals surface area contributed by atoms with Gasteiger partial charge in [0.15, 0.2) is 0 Å². The third-order valence-corrected chi connectivity index (χ3v) is 6.74. The predicted molar refractivity (Wildman–Crippen MR) is 98.1 cm³/mol. The molecule has 1 saturated heterocycles. The van der Waals surface area contributed by atoms with Gasteiger partial charge in [0.2, 0.25) is 10.0 Å². The maximum Gasteiger partial charge on any atom is 0.309 e. The molecule has 9 heteroatoms. The van der Waals surface area contributed by atoms with Crippen molar-refractivity contribution in [1.29, 1.82) is 0 Å². The molecule has 2 amide bonds. The van der Waals surface area contributed by atoms with Crippen molar-refractivity contribution < 1.29 is 22.7 Å². The van der Waals surface area contributed by atoms with Crippen LogP contribution < -0.4 is 10.6 Å². The Bertz CT molecular complexity index is 762. The minimum absolute atomic E-state index is 0.0455. The van der Waals surface area contributed by atoms with Crippen molar-refractivity contribution in [1.82, 2.24) is 14.9 Å². The van der Waals surface area contributed by atoms with Gasteiger partial charge in [0.25, 0.3) is 0 Å². The third-order valence-electron chi connectivity index (χ3n) is 4.84. The Morgan fingerprint density at radius 2 is 1.78 bits per heavy atom. The second-order valence-corrected chi connectivity index (χ2v) is 8.66. The molecule has 2 fully saturated rings. The lowest BCUT2D eigenvalue weighted by Gasteiger charge is -2.34. The van der Waals surface area contributed by atoms with Gasteiger partial charge in [0, 0.05) is 12.6 Å². The lowest BCUT2D eigenvalue weighted by atomic mass is 10.2. The molecule has 1 atom stereocenters. The number of nitrogens with zero attached hydrogens (tertiary/aromatic N) is 1. The van der Waals surface area contributed by atoms with Gasteiger partial charge in [-0.3, -0.25) is 9.59 Å². The Morgan fingerprint density at radius 1 is 1.07 bits per heavy atom. The zero-order valence-corrected chi connectivity index (χ0v) is 15.9. The largest absolute Gasteiger partial charge is 0.360 e. The summed E-state index contributed by atoms with van der Waals surface area (Å²) in [5, 5.41) is 5.21. The van der Waals surface area contributed by atoms with Crippen LogP contribution in [0.1, 0.15) is 32.1 Å². The van der Waals surface area contributed by atoms with E-state index in [1.165, 1.54) is 16.4 Å². The normalized spacial score (nSPS) is 21.7. The highest BCUT2D eigenvalue weighted by Crippen LogP contribution is 2.21. The molecule has 1 aromatic rings. The Morgan fingerprint density at radius 3 is 2.48 bits per heavy atom. The summed E-state index contributed by atoms with van der Waals surface area (Å²) in [4.78, 5) is 24.2. The summed E-state index contributed by atoms with van der Waals surface area (Å²) in [7, 11) is -3.74. The predicted octanol–water partition coefficient (Wildman–Crippen LogP) is 0.599. The van der Waals surface area contributed by atoms with Crippen LogP contribution in [0.15, 0.2) is 35.2 Å². The number of nitrogens with one attached hydrogen (secondary N) is 2. The first-order valence-corrected chi connectivity index (χ1v) is 10.7. The second-order valence-electron chi connectivity index (χ2n) is 6.77. The monoisotopic (exact) mass is 395 g/mol. The van der Waals surface area contributed by atoms with Gasteiger partial charge in [-0.2, -0.15) is 4.31 Å². The lowest BCUT2D eigenvalue weighted by Crippen LogP contribution is -2.53. The van der Waals surface area contributed by atoms with E-state index in [0.717, 1.165) is 25.7 Å². The average Bonchev–Trinajstić information content (AvgIpc) is 3.20. The molecule has 1 aliphatic heterocycles. The molecule has 148 valence electrons. The van der Waals surface area contributed by atoms with Crippen LogP contribution in [0.2, 0.25) is 0 Å². The summed E-state index contributed by atoms with van der Waals surface area (Å²) in [6, 6.07) is 8.14. The first-order chi connectivity index (χ1) is 13.0. The first kappa shape index (κ1) is 19.8. The molecule has 1 saturated carbocycles. The average molecular weight is 395 g/mol. The number of sulfonamides is 1. The molecule has 0 spiro atoms. The smallest absolute Gasteiger partial charge is 0.309 e. The molecule has 1 heterocycles. The summed E-state index contributed by atoms with van der Waals surface area (Å²) in [5.74, 6) is -1.46. The van der Waals surface area contributed by atoms with Gasteiger partial charge in [0.05, 0.1) is 18.0 Å². The minimum atomic E-state index is -3.74. The van der Waals surface area contributed by atoms with E-state index < -0.39 is 28.1 Å². The van der Waals surface area contributed by atoms with Gasteiger partial charge < -0.3 is 15.4 Å². The van der Waals surface area contributed by atoms with E-state index in [0.29, 0.717) is 19.6 Å². The van der Waals surface area contributed by atoms with E-state index in [2.05, 4.69) is 10.6 Å². The molecular formula is C18H25N3O5S. The van der Waals surface area contributed by atoms with Gasteiger partial charge in [-0.15, -0.1) is 0 Å². The van der Waals surface area contributed by atoms with Crippen molar-refractivity contribution in [3.63, 3.8) is 0 Å². The quantitative estimate of drug-likeness (QED) is 0.711. The van der Waals surface area contributed by atoms with Crippen molar-refractivity contribution >= 4 is 21.8 Å². The molecule has 0 unspecified atom stereocenters. The minimum Gasteiger partial charge on any atom is -0.360 e. The molecule has 0 radical (unpaired) electrons. The Balaban J connectivity index is 1.60. The van der Waals surface area contributed by atoms with Crippen LogP contribution >= 0.6 is 0 Å². The summed E-state index contributed by atoms with van der Waals surface area (Å²) in [5.41, 5.74) is 0. The van der Waals surface area contributed by atoms with E-state index in [1.807, 2.05) is 0 Å². The Labute approximate surface area is 159 Å². The number of carbonyl (C=O) groups excluding carboxylic acids is 2. The number of hydrogen-bond acceptors (Lipinski definition) is 5. The Hall–Kier alpha value is -1.97. The fourth-order valence-corrected chi connectivity index (χ4v) is 5.00. The number of carbonyl (C=O) groups is 2. The molecule has 1 aromatic carbocycles. The second kappa shape index (κ2) is 8.81. The van der Waals surface area contributed by atoms with Crippen LogP contribution in [-0.2, 0) is 24.3 Å². The van der Waals surface area contributed by atoms with Gasteiger partial charge in [-0.25, -0.2) is 8.42 Å². The number of hydrogen-bond donors (Lipinski definition) is 2. The molecule has 1 aliphatic carbocycles. The number of rotatable bonds is 5. The fraction of sp³-hybridized carbons (Fsp3) is 0.556. The topological polar surface area (TPSA) is 105 Å². The molecule has 0 bridgehead atoms. The van der Waals surface area contributed by atoms with Gasteiger partial charge in [-0.1, -0.05) is 31.0 Å². The molecule has 0 aromatic heterocycles. The van der Waals surface area contributed by atoms with E-state index in [-0.39, 0.29) is 17.5 Å². The zero-order chi connectivity index (χ0) is 19.3. The standard InChI is InChI=1S/C18H25N3O5S/c22-17(18(23)20-14-7-4-5-8-14)19-13-16-21(11-6-12-26-16)27(24,25)15-9-2-1-3-10-15/h1-3,9-10,14,16H,4-8,11-13H2,(H,19,22)(H,20,23)/t16-/m1/s1. The van der Waals surface area contributed by atoms with Crippen LogP contribution in [0.25, 0.3) is 0 Å². The number of amides is 2. The van der Waals surface area contributed by atoms with Crippen LogP contribution in [0.5, 0.6) is 0 Å². The van der Waals surface area contributed by atoms with Gasteiger partial charge in [0.1, 0.15) is 6.23 Å². The summed E-state index contributed by atoms with van der Waals surface area (Å²) >= 11 is 0. The van der Waals surface area contributed by atoms with Gasteiger partial charge >= 0.3 is 11.8 Å². The van der Waals surface area contributed by atoms with E-state index in [9.17, 15) is 18.0 Å². The highest BCUT2D eigenvalue weighted by atomic mass is 32.2. The highest BCUT2D eigenvalue weighted by Gasteiger charge is 2.35. The van der Waals surface area contributed by atoms with E-state index in [4.69, 9.17) is 4.74 Å². The van der Waals surface area contributed by atoms with E-state index in [1.54, 1.807) is 18.2 Å². The van der Waals surface area contributed by atoms with Crippen molar-refractivity contribution in [2.75, 3.05) is 19.7 Å². The lowest BCUT2D eigenvalue weighted by molar-refractivity contribution is -0.140. The summed E-state index contributed by atoms with van der Waals surface area (Å²) in [6.45, 7) is 0.616. The molecule has 27 heavy (non-hydrogen) atoms. The van der Waals surface area contributed by atoms with Crippen molar-refractivity contribution in [2.45, 2.75) is 49.3 Å². The third kappa shape index (κ3) is 4.85. The highest BCUT2D eigenvalue weighted by molar-refractivity contribution is 7.89. The van der Waals surface area contributed by atoms with Crippen molar-refractivity contribution in [3.8, 4) is 0 Å². The molecule has 2 aliphatic rings. The van der Waals surface area contributed by atoms with Crippen LogP contribution in [0, 0.1) is 0 Å². The summed E-state index contributed by atoms with van der Waals surface area (Å²) in [6.07, 6.45) is 3.59.